The number of nitrogens with zero attached hydrogens (tertiary/aromatic N) is 5. The van der Waals surface area contributed by atoms with Crippen molar-refractivity contribution in [1.29, 1.82) is 0 Å². The predicted molar refractivity (Wildman–Crippen MR) is 86.5 cm³/mol. The molecule has 0 spiro atoms. The molecular weight excluding hydrogens is 310 g/mol. The van der Waals surface area contributed by atoms with Gasteiger partial charge < -0.3 is 18.9 Å². The van der Waals surface area contributed by atoms with Crippen molar-refractivity contribution < 1.29 is 14.0 Å². The summed E-state index contributed by atoms with van der Waals surface area (Å²) in [6, 6.07) is 3.83. The zero-order chi connectivity index (χ0) is 16.5. The third-order valence-corrected chi connectivity index (χ3v) is 4.27. The predicted octanol–water partition coefficient (Wildman–Crippen LogP) is 1.20. The van der Waals surface area contributed by atoms with Crippen LogP contribution in [0.15, 0.2) is 33.7 Å². The molecule has 0 bridgehead atoms. The minimum absolute atomic E-state index is 0.476. The number of β-amino-alcohol motifs (C(OH)–C–C–N with tert-alkyl or cyclic N) is 1. The van der Waals surface area contributed by atoms with Crippen LogP contribution in [0.4, 0.5) is 5.82 Å². The molecule has 24 heavy (non-hydrogen) atoms. The summed E-state index contributed by atoms with van der Waals surface area (Å²) in [5.41, 5.74) is 1.23. The summed E-state index contributed by atoms with van der Waals surface area (Å²) < 4.78 is 10.6. The fourth-order valence-electron chi connectivity index (χ4n) is 3.16. The maximum atomic E-state index is 10.4. The van der Waals surface area contributed by atoms with Crippen LogP contribution in [-0.4, -0.2) is 57.4 Å². The Morgan fingerprint density at radius 2 is 2.21 bits per heavy atom. The fraction of sp³-hybridized carbons (Fsp3) is 0.438. The van der Waals surface area contributed by atoms with Crippen molar-refractivity contribution in [3.05, 3.63) is 36.2 Å². The summed E-state index contributed by atoms with van der Waals surface area (Å²) in [4.78, 5) is 12.8. The lowest BCUT2D eigenvalue weighted by atomic mass is 10.2. The summed E-state index contributed by atoms with van der Waals surface area (Å²) in [5, 5.41) is 15.2. The maximum Gasteiger partial charge on any atom is 0.263 e. The third kappa shape index (κ3) is 2.85. The number of hydrogen-bond donors (Lipinski definition) is 1. The molecule has 1 aliphatic rings. The second-order valence-corrected chi connectivity index (χ2v) is 6.06. The molecule has 0 aromatic carbocycles. The molecule has 1 N–H and O–H groups in total. The average Bonchev–Trinajstić information content (AvgIpc) is 3.16. The van der Waals surface area contributed by atoms with Crippen molar-refractivity contribution in [3.8, 4) is 0 Å². The molecule has 8 nitrogen and oxygen atoms in total. The van der Waals surface area contributed by atoms with Crippen molar-refractivity contribution in [1.82, 2.24) is 20.0 Å². The van der Waals surface area contributed by atoms with E-state index in [0.29, 0.717) is 25.3 Å². The lowest BCUT2D eigenvalue weighted by molar-refractivity contribution is 0.125. The van der Waals surface area contributed by atoms with E-state index in [0.717, 1.165) is 35.7 Å². The first-order valence-corrected chi connectivity index (χ1v) is 7.95. The van der Waals surface area contributed by atoms with E-state index in [2.05, 4.69) is 24.9 Å². The van der Waals surface area contributed by atoms with Crippen molar-refractivity contribution in [3.63, 3.8) is 0 Å². The molecule has 1 fully saturated rings. The highest BCUT2D eigenvalue weighted by molar-refractivity contribution is 5.87. The van der Waals surface area contributed by atoms with Crippen LogP contribution in [-0.2, 0) is 6.54 Å². The van der Waals surface area contributed by atoms with Gasteiger partial charge >= 0.3 is 0 Å². The van der Waals surface area contributed by atoms with Crippen LogP contribution >= 0.6 is 0 Å². The van der Waals surface area contributed by atoms with Gasteiger partial charge in [0.25, 0.3) is 5.71 Å². The zero-order valence-electron chi connectivity index (χ0n) is 13.4. The van der Waals surface area contributed by atoms with Crippen molar-refractivity contribution in [2.24, 2.45) is 0 Å². The highest BCUT2D eigenvalue weighted by Crippen LogP contribution is 2.26. The molecule has 4 rings (SSSR count). The van der Waals surface area contributed by atoms with Crippen molar-refractivity contribution >= 4 is 16.9 Å². The van der Waals surface area contributed by atoms with E-state index < -0.39 is 6.10 Å². The molecule has 0 aliphatic carbocycles. The Balaban J connectivity index is 1.57. The van der Waals surface area contributed by atoms with E-state index in [1.807, 2.05) is 19.1 Å². The Morgan fingerprint density at radius 3 is 3.04 bits per heavy atom. The molecule has 0 radical (unpaired) electrons. The standard InChI is InChI=1S/C16H19N5O3/c1-11-14-15(17-10-18-16(14)24-19-11)21-5-4-20(7-12(22)8-21)9-13-3-2-6-23-13/h2-3,6,10,12,22H,4-5,7-9H2,1H3/t12-/m0/s1. The van der Waals surface area contributed by atoms with Crippen LogP contribution in [0, 0.1) is 6.92 Å². The van der Waals surface area contributed by atoms with Gasteiger partial charge in [0.2, 0.25) is 0 Å². The molecule has 8 heteroatoms. The minimum atomic E-state index is -0.479. The van der Waals surface area contributed by atoms with Gasteiger partial charge in [-0.15, -0.1) is 0 Å². The lowest BCUT2D eigenvalue weighted by Crippen LogP contribution is -2.33. The van der Waals surface area contributed by atoms with Gasteiger partial charge in [0.1, 0.15) is 23.3 Å². The van der Waals surface area contributed by atoms with Gasteiger partial charge in [0, 0.05) is 26.2 Å². The molecule has 1 atom stereocenters. The molecule has 126 valence electrons. The van der Waals surface area contributed by atoms with Crippen LogP contribution < -0.4 is 4.90 Å². The zero-order valence-corrected chi connectivity index (χ0v) is 13.4. The number of aryl methyl sites for hydroxylation is 1. The summed E-state index contributed by atoms with van der Waals surface area (Å²) in [6.07, 6.45) is 2.66. The maximum absolute atomic E-state index is 10.4. The van der Waals surface area contributed by atoms with E-state index in [1.54, 1.807) is 6.26 Å². The second-order valence-electron chi connectivity index (χ2n) is 6.06. The van der Waals surface area contributed by atoms with Crippen molar-refractivity contribution in [2.45, 2.75) is 19.6 Å². The number of aliphatic hydroxyl groups excluding tert-OH is 1. The molecule has 1 saturated heterocycles. The van der Waals surface area contributed by atoms with Gasteiger partial charge in [0.05, 0.1) is 24.6 Å². The molecule has 0 amide bonds. The minimum Gasteiger partial charge on any atom is -0.468 e. The van der Waals surface area contributed by atoms with Crippen LogP contribution in [0.2, 0.25) is 0 Å². The van der Waals surface area contributed by atoms with Gasteiger partial charge in [0.15, 0.2) is 0 Å². The lowest BCUT2D eigenvalue weighted by Gasteiger charge is -2.23. The number of rotatable bonds is 3. The largest absolute Gasteiger partial charge is 0.468 e. The summed E-state index contributed by atoms with van der Waals surface area (Å²) in [7, 11) is 0. The average molecular weight is 329 g/mol. The fourth-order valence-corrected chi connectivity index (χ4v) is 3.16. The molecule has 1 aliphatic heterocycles. The Kier molecular flexibility index (Phi) is 3.91. The number of aromatic nitrogens is 3. The summed E-state index contributed by atoms with van der Waals surface area (Å²) in [6.45, 7) is 5.20. The molecule has 4 heterocycles. The normalized spacial score (nSPS) is 19.8. The first-order valence-electron chi connectivity index (χ1n) is 7.95. The Morgan fingerprint density at radius 1 is 1.29 bits per heavy atom. The highest BCUT2D eigenvalue weighted by Gasteiger charge is 2.25. The van der Waals surface area contributed by atoms with Crippen LogP contribution in [0.1, 0.15) is 11.5 Å². The van der Waals surface area contributed by atoms with E-state index in [-0.39, 0.29) is 0 Å². The number of aliphatic hydroxyl groups is 1. The van der Waals surface area contributed by atoms with Gasteiger partial charge in [-0.05, 0) is 19.1 Å². The first-order chi connectivity index (χ1) is 11.7. The number of fused-ring (bicyclic) bond motifs is 1. The Bertz CT molecular complexity index is 816. The van der Waals surface area contributed by atoms with E-state index in [4.69, 9.17) is 8.94 Å². The summed E-state index contributed by atoms with van der Waals surface area (Å²) in [5.74, 6) is 1.66. The second kappa shape index (κ2) is 6.21. The monoisotopic (exact) mass is 329 g/mol. The number of furan rings is 1. The van der Waals surface area contributed by atoms with Gasteiger partial charge in [-0.2, -0.15) is 4.98 Å². The molecule has 0 saturated carbocycles. The topological polar surface area (TPSA) is 91.7 Å². The van der Waals surface area contributed by atoms with E-state index >= 15 is 0 Å². The quantitative estimate of drug-likeness (QED) is 0.766. The Hall–Kier alpha value is -2.45. The van der Waals surface area contributed by atoms with Crippen LogP contribution in [0.25, 0.3) is 11.1 Å². The SMILES string of the molecule is Cc1noc2ncnc(N3CCN(Cc4ccco4)C[C@H](O)C3)c12. The summed E-state index contributed by atoms with van der Waals surface area (Å²) >= 11 is 0. The van der Waals surface area contributed by atoms with E-state index in [9.17, 15) is 5.11 Å². The molecule has 3 aromatic heterocycles. The molecular formula is C16H19N5O3. The number of hydrogen-bond acceptors (Lipinski definition) is 8. The Labute approximate surface area is 138 Å². The van der Waals surface area contributed by atoms with Crippen LogP contribution in [0.5, 0.6) is 0 Å². The van der Waals surface area contributed by atoms with Gasteiger partial charge in [-0.3, -0.25) is 4.90 Å². The smallest absolute Gasteiger partial charge is 0.263 e. The van der Waals surface area contributed by atoms with Gasteiger partial charge in [-0.25, -0.2) is 4.98 Å². The van der Waals surface area contributed by atoms with Crippen molar-refractivity contribution in [2.75, 3.05) is 31.1 Å². The first kappa shape index (κ1) is 15.1. The third-order valence-electron chi connectivity index (χ3n) is 4.27. The highest BCUT2D eigenvalue weighted by atomic mass is 16.5. The molecule has 0 unspecified atom stereocenters. The number of anilines is 1. The van der Waals surface area contributed by atoms with E-state index in [1.165, 1.54) is 6.33 Å². The molecule has 3 aromatic rings. The van der Waals surface area contributed by atoms with Crippen LogP contribution in [0.3, 0.4) is 0 Å². The van der Waals surface area contributed by atoms with Gasteiger partial charge in [-0.1, -0.05) is 5.16 Å².